The summed E-state index contributed by atoms with van der Waals surface area (Å²) in [7, 11) is 0. The van der Waals surface area contributed by atoms with E-state index in [0.29, 0.717) is 24.3 Å². The maximum absolute atomic E-state index is 5.75. The minimum absolute atomic E-state index is 0.324. The predicted octanol–water partition coefficient (Wildman–Crippen LogP) is 2.37. The molecule has 2 fully saturated rings. The van der Waals surface area contributed by atoms with Gasteiger partial charge in [-0.2, -0.15) is 4.37 Å². The number of piperidine rings is 1. The van der Waals surface area contributed by atoms with Crippen LogP contribution in [0, 0.1) is 17.8 Å². The Morgan fingerprint density at radius 3 is 3.27 bits per heavy atom. The second-order valence-corrected chi connectivity index (χ2v) is 6.35. The van der Waals surface area contributed by atoms with Gasteiger partial charge in [-0.15, -0.1) is 4.37 Å². The highest BCUT2D eigenvalue weighted by Crippen LogP contribution is 2.40. The fraction of sp³-hybridized carbons (Fsp3) is 0.500. The molecule has 2 aliphatic rings. The molecule has 2 saturated heterocycles. The number of furan rings is 1. The number of hydrogen-bond acceptors (Lipinski definition) is 6. The molecule has 0 saturated carbocycles. The van der Waals surface area contributed by atoms with Crippen LogP contribution in [0.5, 0.6) is 5.88 Å². The summed E-state index contributed by atoms with van der Waals surface area (Å²) in [6.45, 7) is 3.83. The lowest BCUT2D eigenvalue weighted by Gasteiger charge is -2.21. The fourth-order valence-electron chi connectivity index (χ4n) is 3.41. The molecule has 5 nitrogen and oxygen atoms in total. The molecule has 1 unspecified atom stereocenters. The van der Waals surface area contributed by atoms with Crippen molar-refractivity contribution < 1.29 is 9.15 Å². The molecule has 0 aliphatic carbocycles. The lowest BCUT2D eigenvalue weighted by atomic mass is 9.89. The van der Waals surface area contributed by atoms with Gasteiger partial charge in [0.25, 0.3) is 0 Å². The van der Waals surface area contributed by atoms with Gasteiger partial charge in [-0.3, -0.25) is 0 Å². The molecule has 0 N–H and O–H groups in total. The molecule has 3 atom stereocenters. The van der Waals surface area contributed by atoms with Gasteiger partial charge in [0.1, 0.15) is 12.0 Å². The van der Waals surface area contributed by atoms with Gasteiger partial charge >= 0.3 is 0 Å². The average molecular weight is 315 g/mol. The Bertz CT molecular complexity index is 686. The van der Waals surface area contributed by atoms with Crippen molar-refractivity contribution in [1.82, 2.24) is 13.6 Å². The summed E-state index contributed by atoms with van der Waals surface area (Å²) in [5.74, 6) is 7.82. The van der Waals surface area contributed by atoms with Crippen LogP contribution in [-0.2, 0) is 0 Å². The Balaban J connectivity index is 1.42. The first-order valence-electron chi connectivity index (χ1n) is 7.59. The second-order valence-electron chi connectivity index (χ2n) is 5.83. The number of ether oxygens (including phenoxy) is 1. The Morgan fingerprint density at radius 2 is 2.41 bits per heavy atom. The lowest BCUT2D eigenvalue weighted by Crippen LogP contribution is -2.25. The van der Waals surface area contributed by atoms with E-state index in [-0.39, 0.29) is 0 Å². The van der Waals surface area contributed by atoms with Gasteiger partial charge in [-0.1, -0.05) is 11.8 Å². The maximum Gasteiger partial charge on any atom is 0.250 e. The largest absolute Gasteiger partial charge is 0.471 e. The number of aromatic nitrogens is 2. The van der Waals surface area contributed by atoms with Crippen LogP contribution >= 0.6 is 11.7 Å². The minimum Gasteiger partial charge on any atom is -0.471 e. The molecule has 0 amide bonds. The van der Waals surface area contributed by atoms with E-state index in [4.69, 9.17) is 9.15 Å². The van der Waals surface area contributed by atoms with E-state index in [9.17, 15) is 0 Å². The van der Waals surface area contributed by atoms with E-state index < -0.39 is 0 Å². The zero-order valence-electron chi connectivity index (χ0n) is 12.2. The molecule has 0 aromatic carbocycles. The molecule has 2 aromatic heterocycles. The number of nitrogens with zero attached hydrogens (tertiary/aromatic N) is 3. The summed E-state index contributed by atoms with van der Waals surface area (Å²) >= 11 is 1.24. The Hall–Kier alpha value is -1.84. The quantitative estimate of drug-likeness (QED) is 0.814. The van der Waals surface area contributed by atoms with Crippen molar-refractivity contribution in [2.45, 2.75) is 18.8 Å². The number of rotatable bonds is 3. The van der Waals surface area contributed by atoms with E-state index >= 15 is 0 Å². The van der Waals surface area contributed by atoms with E-state index in [1.54, 1.807) is 12.5 Å². The van der Waals surface area contributed by atoms with Crippen LogP contribution in [0.2, 0.25) is 0 Å². The summed E-state index contributed by atoms with van der Waals surface area (Å²) in [6, 6.07) is 1.83. The van der Waals surface area contributed by atoms with Gasteiger partial charge in [0.2, 0.25) is 5.88 Å². The van der Waals surface area contributed by atoms with E-state index in [2.05, 4.69) is 25.5 Å². The maximum atomic E-state index is 5.75. The molecule has 6 heteroatoms. The zero-order valence-corrected chi connectivity index (χ0v) is 13.0. The molecule has 114 valence electrons. The van der Waals surface area contributed by atoms with Crippen molar-refractivity contribution in [1.29, 1.82) is 0 Å². The summed E-state index contributed by atoms with van der Waals surface area (Å²) in [5, 5.41) is 0. The average Bonchev–Trinajstić information content (AvgIpc) is 3.25. The minimum atomic E-state index is 0.324. The first-order valence-corrected chi connectivity index (χ1v) is 8.32. The third kappa shape index (κ3) is 2.74. The molecule has 4 rings (SSSR count). The second kappa shape index (κ2) is 6.11. The molecular weight excluding hydrogens is 298 g/mol. The molecule has 2 aromatic rings. The van der Waals surface area contributed by atoms with Crippen molar-refractivity contribution in [2.24, 2.45) is 5.92 Å². The third-order valence-electron chi connectivity index (χ3n) is 4.43. The highest BCUT2D eigenvalue weighted by atomic mass is 32.1. The van der Waals surface area contributed by atoms with Gasteiger partial charge in [0.15, 0.2) is 6.61 Å². The van der Waals surface area contributed by atoms with Crippen LogP contribution in [0.25, 0.3) is 0 Å². The number of fused-ring (bicyclic) bond motifs is 2. The molecule has 22 heavy (non-hydrogen) atoms. The van der Waals surface area contributed by atoms with Gasteiger partial charge in [0, 0.05) is 19.0 Å². The number of hydrogen-bond donors (Lipinski definition) is 0. The van der Waals surface area contributed by atoms with Crippen molar-refractivity contribution in [3.8, 4) is 17.7 Å². The molecule has 2 aliphatic heterocycles. The van der Waals surface area contributed by atoms with E-state index in [0.717, 1.165) is 17.8 Å². The predicted molar refractivity (Wildman–Crippen MR) is 82.9 cm³/mol. The Morgan fingerprint density at radius 1 is 1.41 bits per heavy atom. The van der Waals surface area contributed by atoms with Gasteiger partial charge in [0.05, 0.1) is 23.6 Å². The topological polar surface area (TPSA) is 51.4 Å². The van der Waals surface area contributed by atoms with Crippen LogP contribution in [0.3, 0.4) is 0 Å². The van der Waals surface area contributed by atoms with Gasteiger partial charge in [-0.05, 0) is 31.4 Å². The van der Waals surface area contributed by atoms with Crippen LogP contribution in [0.4, 0.5) is 0 Å². The monoisotopic (exact) mass is 315 g/mol. The zero-order chi connectivity index (χ0) is 14.8. The van der Waals surface area contributed by atoms with Crippen molar-refractivity contribution >= 4 is 11.7 Å². The van der Waals surface area contributed by atoms with E-state index in [1.165, 1.54) is 37.7 Å². The van der Waals surface area contributed by atoms with Crippen molar-refractivity contribution in [3.63, 3.8) is 0 Å². The van der Waals surface area contributed by atoms with Crippen LogP contribution in [-0.4, -0.2) is 39.9 Å². The van der Waals surface area contributed by atoms with Crippen molar-refractivity contribution in [3.05, 3.63) is 29.9 Å². The summed E-state index contributed by atoms with van der Waals surface area (Å²) in [4.78, 5) is 2.53. The summed E-state index contributed by atoms with van der Waals surface area (Å²) in [6.07, 6.45) is 5.82. The molecule has 0 spiro atoms. The molecular formula is C16H17N3O2S. The molecule has 0 radical (unpaired) electrons. The van der Waals surface area contributed by atoms with Crippen molar-refractivity contribution in [2.75, 3.05) is 26.2 Å². The fourth-order valence-corrected chi connectivity index (χ4v) is 3.98. The highest BCUT2D eigenvalue weighted by Gasteiger charge is 2.39. The molecule has 2 bridgehead atoms. The SMILES string of the molecule is C(#Cc1ccoc1)COc1nsnc1[C@H]1CN2CCC[C@H]1C2. The summed E-state index contributed by atoms with van der Waals surface area (Å²) in [5.41, 5.74) is 1.89. The first-order chi connectivity index (χ1) is 10.9. The Labute approximate surface area is 133 Å². The van der Waals surface area contributed by atoms with E-state index in [1.807, 2.05) is 6.07 Å². The van der Waals surface area contributed by atoms with Crippen LogP contribution in [0.1, 0.15) is 30.0 Å². The normalized spacial score (nSPS) is 26.5. The van der Waals surface area contributed by atoms with Gasteiger partial charge in [-0.25, -0.2) is 0 Å². The van der Waals surface area contributed by atoms with Crippen LogP contribution < -0.4 is 4.74 Å². The van der Waals surface area contributed by atoms with Crippen LogP contribution in [0.15, 0.2) is 23.0 Å². The first kappa shape index (κ1) is 13.8. The third-order valence-corrected chi connectivity index (χ3v) is 4.96. The highest BCUT2D eigenvalue weighted by molar-refractivity contribution is 6.99. The molecule has 4 heterocycles. The summed E-state index contributed by atoms with van der Waals surface area (Å²) < 4.78 is 19.5. The smallest absolute Gasteiger partial charge is 0.250 e. The lowest BCUT2D eigenvalue weighted by molar-refractivity contribution is 0.269. The standard InChI is InChI=1S/C16H17N3O2S/c1-4-13-9-19(6-1)10-14(13)15-16(18-22-17-15)21-7-2-3-12-5-8-20-11-12/h5,8,11,13-14H,1,4,6-7,9-10H2/t13-,14-/m0/s1. The van der Waals surface area contributed by atoms with Gasteiger partial charge < -0.3 is 14.1 Å². The Kier molecular flexibility index (Phi) is 3.83.